The van der Waals surface area contributed by atoms with Gasteiger partial charge in [-0.3, -0.25) is 4.79 Å². The summed E-state index contributed by atoms with van der Waals surface area (Å²) in [6.45, 7) is 0.532. The molecule has 1 aliphatic rings. The molecule has 5 N–H and O–H groups in total. The first-order chi connectivity index (χ1) is 8.99. The Morgan fingerprint density at radius 2 is 2.00 bits per heavy atom. The molecule has 0 heterocycles. The van der Waals surface area contributed by atoms with Crippen molar-refractivity contribution in [3.8, 4) is 0 Å². The molecular weight excluding hydrogens is 250 g/mol. The first-order valence-electron chi connectivity index (χ1n) is 6.54. The van der Waals surface area contributed by atoms with Crippen LogP contribution in [0.3, 0.4) is 0 Å². The van der Waals surface area contributed by atoms with E-state index in [-0.39, 0.29) is 12.8 Å². The number of aliphatic carboxylic acids is 1. The summed E-state index contributed by atoms with van der Waals surface area (Å²) in [5, 5.41) is 13.8. The Labute approximate surface area is 111 Å². The highest BCUT2D eigenvalue weighted by Gasteiger charge is 2.21. The van der Waals surface area contributed by atoms with E-state index in [9.17, 15) is 14.4 Å². The van der Waals surface area contributed by atoms with Gasteiger partial charge in [-0.05, 0) is 25.2 Å². The molecule has 0 aromatic carbocycles. The van der Waals surface area contributed by atoms with Crippen LogP contribution in [0.5, 0.6) is 0 Å². The van der Waals surface area contributed by atoms with Crippen LogP contribution in [0.1, 0.15) is 38.5 Å². The van der Waals surface area contributed by atoms with Crippen molar-refractivity contribution < 1.29 is 19.5 Å². The van der Waals surface area contributed by atoms with Gasteiger partial charge in [0, 0.05) is 13.0 Å². The van der Waals surface area contributed by atoms with Gasteiger partial charge in [0.1, 0.15) is 6.04 Å². The summed E-state index contributed by atoms with van der Waals surface area (Å²) in [5.74, 6) is -0.945. The third-order valence-corrected chi connectivity index (χ3v) is 3.05. The number of nitrogens with two attached hydrogens (primary N) is 1. The van der Waals surface area contributed by atoms with E-state index in [2.05, 4.69) is 10.6 Å². The first-order valence-corrected chi connectivity index (χ1v) is 6.54. The van der Waals surface area contributed by atoms with Crippen LogP contribution in [0.4, 0.5) is 4.79 Å². The van der Waals surface area contributed by atoms with Gasteiger partial charge in [-0.25, -0.2) is 9.59 Å². The molecule has 0 bridgehead atoms. The summed E-state index contributed by atoms with van der Waals surface area (Å²) in [7, 11) is 0. The molecule has 1 rings (SSSR count). The number of hydrogen-bond donors (Lipinski definition) is 4. The number of carbonyl (C=O) groups excluding carboxylic acids is 2. The number of hydrogen-bond acceptors (Lipinski definition) is 3. The van der Waals surface area contributed by atoms with Gasteiger partial charge in [0.05, 0.1) is 0 Å². The standard InChI is InChI=1S/C12H21N3O4/c13-10(16)6-5-9(11(17)18)15-12(19)14-7-1-2-8-3-4-8/h8-9H,1-7H2,(H2,13,16)(H,17,18)(H2,14,15,19). The van der Waals surface area contributed by atoms with Crippen LogP contribution in [-0.2, 0) is 9.59 Å². The van der Waals surface area contributed by atoms with Crippen LogP contribution in [0, 0.1) is 5.92 Å². The van der Waals surface area contributed by atoms with Crippen LogP contribution in [0.15, 0.2) is 0 Å². The van der Waals surface area contributed by atoms with E-state index in [1.807, 2.05) is 0 Å². The molecule has 3 amide bonds. The van der Waals surface area contributed by atoms with Crippen molar-refractivity contribution in [1.82, 2.24) is 10.6 Å². The molecular formula is C12H21N3O4. The quantitative estimate of drug-likeness (QED) is 0.447. The average molecular weight is 271 g/mol. The minimum atomic E-state index is -1.17. The van der Waals surface area contributed by atoms with Crippen LogP contribution in [-0.4, -0.2) is 35.6 Å². The summed E-state index contributed by atoms with van der Waals surface area (Å²) in [4.78, 5) is 32.9. The molecule has 0 aromatic rings. The van der Waals surface area contributed by atoms with Gasteiger partial charge in [0.15, 0.2) is 0 Å². The molecule has 0 spiro atoms. The lowest BCUT2D eigenvalue weighted by atomic mass is 10.1. The maximum absolute atomic E-state index is 11.5. The van der Waals surface area contributed by atoms with E-state index in [1.165, 1.54) is 12.8 Å². The van der Waals surface area contributed by atoms with Crippen molar-refractivity contribution in [2.75, 3.05) is 6.54 Å². The van der Waals surface area contributed by atoms with Gasteiger partial charge in [0.25, 0.3) is 0 Å². The lowest BCUT2D eigenvalue weighted by molar-refractivity contribution is -0.139. The topological polar surface area (TPSA) is 122 Å². The van der Waals surface area contributed by atoms with E-state index in [1.54, 1.807) is 0 Å². The molecule has 0 radical (unpaired) electrons. The SMILES string of the molecule is NC(=O)CCC(NC(=O)NCCCC1CC1)C(=O)O. The molecule has 1 aliphatic carbocycles. The number of amides is 3. The largest absolute Gasteiger partial charge is 0.480 e. The van der Waals surface area contributed by atoms with Crippen molar-refractivity contribution >= 4 is 17.9 Å². The highest BCUT2D eigenvalue weighted by molar-refractivity contribution is 5.83. The normalized spacial score (nSPS) is 15.6. The summed E-state index contributed by atoms with van der Waals surface area (Å²) in [6, 6.07) is -1.61. The fourth-order valence-corrected chi connectivity index (χ4v) is 1.75. The zero-order chi connectivity index (χ0) is 14.3. The summed E-state index contributed by atoms with van der Waals surface area (Å²) >= 11 is 0. The number of urea groups is 1. The van der Waals surface area contributed by atoms with Crippen molar-refractivity contribution in [2.24, 2.45) is 11.7 Å². The van der Waals surface area contributed by atoms with E-state index in [0.717, 1.165) is 18.8 Å². The molecule has 108 valence electrons. The fraction of sp³-hybridized carbons (Fsp3) is 0.750. The predicted octanol–water partition coefficient (Wildman–Crippen LogP) is 0.194. The maximum atomic E-state index is 11.5. The van der Waals surface area contributed by atoms with Crippen LogP contribution >= 0.6 is 0 Å². The third kappa shape index (κ3) is 7.28. The zero-order valence-electron chi connectivity index (χ0n) is 10.9. The van der Waals surface area contributed by atoms with Crippen molar-refractivity contribution in [3.05, 3.63) is 0 Å². The highest BCUT2D eigenvalue weighted by Crippen LogP contribution is 2.33. The molecule has 0 saturated heterocycles. The minimum Gasteiger partial charge on any atom is -0.480 e. The van der Waals surface area contributed by atoms with Gasteiger partial charge in [-0.2, -0.15) is 0 Å². The minimum absolute atomic E-state index is 0.000159. The maximum Gasteiger partial charge on any atom is 0.326 e. The Bertz CT molecular complexity index is 342. The molecule has 0 aromatic heterocycles. The van der Waals surface area contributed by atoms with Gasteiger partial charge in [-0.15, -0.1) is 0 Å². The summed E-state index contributed by atoms with van der Waals surface area (Å²) < 4.78 is 0. The van der Waals surface area contributed by atoms with Crippen LogP contribution < -0.4 is 16.4 Å². The van der Waals surface area contributed by atoms with E-state index < -0.39 is 23.9 Å². The molecule has 1 atom stereocenters. The van der Waals surface area contributed by atoms with E-state index in [4.69, 9.17) is 10.8 Å². The molecule has 7 heteroatoms. The summed E-state index contributed by atoms with van der Waals surface area (Å²) in [5.41, 5.74) is 4.94. The molecule has 19 heavy (non-hydrogen) atoms. The zero-order valence-corrected chi connectivity index (χ0v) is 10.9. The second-order valence-electron chi connectivity index (χ2n) is 4.88. The third-order valence-electron chi connectivity index (χ3n) is 3.05. The number of nitrogens with one attached hydrogen (secondary N) is 2. The van der Waals surface area contributed by atoms with Gasteiger partial charge in [0.2, 0.25) is 5.91 Å². The monoisotopic (exact) mass is 271 g/mol. The molecule has 1 saturated carbocycles. The second-order valence-corrected chi connectivity index (χ2v) is 4.88. The Morgan fingerprint density at radius 3 is 2.53 bits per heavy atom. The second kappa shape index (κ2) is 7.60. The number of rotatable bonds is 9. The van der Waals surface area contributed by atoms with Crippen molar-refractivity contribution in [2.45, 2.75) is 44.6 Å². The van der Waals surface area contributed by atoms with Crippen molar-refractivity contribution in [1.29, 1.82) is 0 Å². The Morgan fingerprint density at radius 1 is 1.32 bits per heavy atom. The predicted molar refractivity (Wildman–Crippen MR) is 68.3 cm³/mol. The molecule has 1 unspecified atom stereocenters. The lowest BCUT2D eigenvalue weighted by Crippen LogP contribution is -2.46. The van der Waals surface area contributed by atoms with Gasteiger partial charge < -0.3 is 21.5 Å². The molecule has 7 nitrogen and oxygen atoms in total. The van der Waals surface area contributed by atoms with Crippen molar-refractivity contribution in [3.63, 3.8) is 0 Å². The number of carbonyl (C=O) groups is 3. The Kier molecular flexibility index (Phi) is 6.11. The Hall–Kier alpha value is -1.79. The molecule has 1 fully saturated rings. The summed E-state index contributed by atoms with van der Waals surface area (Å²) in [6.07, 6.45) is 4.49. The number of primary amides is 1. The van der Waals surface area contributed by atoms with E-state index >= 15 is 0 Å². The smallest absolute Gasteiger partial charge is 0.326 e. The lowest BCUT2D eigenvalue weighted by Gasteiger charge is -2.14. The van der Waals surface area contributed by atoms with E-state index in [0.29, 0.717) is 6.54 Å². The first kappa shape index (κ1) is 15.3. The average Bonchev–Trinajstić information content (AvgIpc) is 3.13. The van der Waals surface area contributed by atoms with Gasteiger partial charge in [-0.1, -0.05) is 12.8 Å². The van der Waals surface area contributed by atoms with Crippen LogP contribution in [0.25, 0.3) is 0 Å². The molecule has 0 aliphatic heterocycles. The fourth-order valence-electron chi connectivity index (χ4n) is 1.75. The number of carboxylic acid groups (broad SMARTS) is 1. The Balaban J connectivity index is 2.17. The highest BCUT2D eigenvalue weighted by atomic mass is 16.4. The van der Waals surface area contributed by atoms with Crippen LogP contribution in [0.2, 0.25) is 0 Å². The number of carboxylic acids is 1. The van der Waals surface area contributed by atoms with Gasteiger partial charge >= 0.3 is 12.0 Å².